The maximum absolute atomic E-state index is 12.6. The Labute approximate surface area is 118 Å². The van der Waals surface area contributed by atoms with Crippen molar-refractivity contribution >= 4 is 16.8 Å². The van der Waals surface area contributed by atoms with E-state index in [1.165, 1.54) is 0 Å². The molecule has 1 aromatic heterocycles. The minimum Gasteiger partial charge on any atom is -0.396 e. The highest BCUT2D eigenvalue weighted by Gasteiger charge is 2.28. The van der Waals surface area contributed by atoms with Crippen LogP contribution in [0.1, 0.15) is 36.0 Å². The van der Waals surface area contributed by atoms with Crippen molar-refractivity contribution < 1.29 is 9.90 Å². The number of benzene rings is 1. The number of hydrogen-bond acceptors (Lipinski definition) is 2. The summed E-state index contributed by atoms with van der Waals surface area (Å²) < 4.78 is 0. The van der Waals surface area contributed by atoms with Crippen LogP contribution in [0.3, 0.4) is 0 Å². The SMILES string of the molecule is O=C(c1ccc2cc[nH]c2c1)N1CCCC1CCCO. The number of aromatic amines is 1. The number of hydrogen-bond donors (Lipinski definition) is 2. The van der Waals surface area contributed by atoms with Gasteiger partial charge < -0.3 is 15.0 Å². The molecule has 1 aliphatic heterocycles. The van der Waals surface area contributed by atoms with Crippen molar-refractivity contribution in [2.75, 3.05) is 13.2 Å². The third-order valence-electron chi connectivity index (χ3n) is 4.14. The van der Waals surface area contributed by atoms with Gasteiger partial charge in [-0.3, -0.25) is 4.79 Å². The van der Waals surface area contributed by atoms with Crippen LogP contribution in [0.15, 0.2) is 30.5 Å². The van der Waals surface area contributed by atoms with Gasteiger partial charge in [-0.1, -0.05) is 6.07 Å². The standard InChI is InChI=1S/C16H20N2O2/c19-10-2-4-14-3-1-9-18(14)16(20)13-6-5-12-7-8-17-15(12)11-13/h5-8,11,14,17,19H,1-4,9-10H2. The summed E-state index contributed by atoms with van der Waals surface area (Å²) in [4.78, 5) is 17.8. The Morgan fingerprint density at radius 2 is 2.30 bits per heavy atom. The Bertz CT molecular complexity index is 605. The topological polar surface area (TPSA) is 56.3 Å². The number of H-pyrrole nitrogens is 1. The number of amides is 1. The molecular formula is C16H20N2O2. The number of likely N-dealkylation sites (tertiary alicyclic amines) is 1. The third-order valence-corrected chi connectivity index (χ3v) is 4.14. The molecule has 2 N–H and O–H groups in total. The second kappa shape index (κ2) is 5.67. The summed E-state index contributed by atoms with van der Waals surface area (Å²) in [6.07, 6.45) is 5.67. The van der Waals surface area contributed by atoms with Gasteiger partial charge >= 0.3 is 0 Å². The van der Waals surface area contributed by atoms with Gasteiger partial charge in [-0.2, -0.15) is 0 Å². The average molecular weight is 272 g/mol. The summed E-state index contributed by atoms with van der Waals surface area (Å²) in [7, 11) is 0. The molecule has 20 heavy (non-hydrogen) atoms. The predicted molar refractivity (Wildman–Crippen MR) is 78.7 cm³/mol. The Balaban J connectivity index is 1.79. The largest absolute Gasteiger partial charge is 0.396 e. The third kappa shape index (κ3) is 2.43. The van der Waals surface area contributed by atoms with E-state index in [4.69, 9.17) is 5.11 Å². The molecule has 2 aromatic rings. The van der Waals surface area contributed by atoms with E-state index in [-0.39, 0.29) is 18.6 Å². The minimum atomic E-state index is 0.113. The molecule has 3 rings (SSSR count). The first-order valence-corrected chi connectivity index (χ1v) is 7.28. The van der Waals surface area contributed by atoms with E-state index in [9.17, 15) is 4.79 Å². The van der Waals surface area contributed by atoms with Crippen molar-refractivity contribution in [3.05, 3.63) is 36.0 Å². The van der Waals surface area contributed by atoms with Gasteiger partial charge in [-0.25, -0.2) is 0 Å². The molecule has 4 heteroatoms. The Hall–Kier alpha value is -1.81. The number of rotatable bonds is 4. The molecular weight excluding hydrogens is 252 g/mol. The number of nitrogens with zero attached hydrogens (tertiary/aromatic N) is 1. The lowest BCUT2D eigenvalue weighted by Gasteiger charge is -2.24. The van der Waals surface area contributed by atoms with E-state index in [0.29, 0.717) is 0 Å². The maximum atomic E-state index is 12.6. The Kier molecular flexibility index (Phi) is 3.74. The number of carbonyl (C=O) groups is 1. The smallest absolute Gasteiger partial charge is 0.254 e. The van der Waals surface area contributed by atoms with Crippen molar-refractivity contribution in [2.24, 2.45) is 0 Å². The van der Waals surface area contributed by atoms with Gasteiger partial charge in [0.1, 0.15) is 0 Å². The van der Waals surface area contributed by atoms with Crippen LogP contribution in [-0.4, -0.2) is 40.1 Å². The molecule has 0 aliphatic carbocycles. The molecule has 0 bridgehead atoms. The number of aromatic nitrogens is 1. The molecule has 1 saturated heterocycles. The summed E-state index contributed by atoms with van der Waals surface area (Å²) in [6.45, 7) is 1.03. The van der Waals surface area contributed by atoms with Crippen molar-refractivity contribution in [1.82, 2.24) is 9.88 Å². The summed E-state index contributed by atoms with van der Waals surface area (Å²) >= 11 is 0. The van der Waals surface area contributed by atoms with E-state index in [1.807, 2.05) is 35.4 Å². The van der Waals surface area contributed by atoms with Gasteiger partial charge in [0.25, 0.3) is 5.91 Å². The van der Waals surface area contributed by atoms with Crippen LogP contribution in [-0.2, 0) is 0 Å². The molecule has 2 heterocycles. The highest BCUT2D eigenvalue weighted by molar-refractivity contribution is 5.98. The number of carbonyl (C=O) groups excluding carboxylic acids is 1. The fourth-order valence-electron chi connectivity index (χ4n) is 3.08. The lowest BCUT2D eigenvalue weighted by atomic mass is 10.1. The summed E-state index contributed by atoms with van der Waals surface area (Å²) in [6, 6.07) is 8.11. The van der Waals surface area contributed by atoms with E-state index in [2.05, 4.69) is 4.98 Å². The van der Waals surface area contributed by atoms with Gasteiger partial charge in [-0.15, -0.1) is 0 Å². The van der Waals surface area contributed by atoms with Crippen LogP contribution in [0.2, 0.25) is 0 Å². The van der Waals surface area contributed by atoms with Crippen LogP contribution in [0.5, 0.6) is 0 Å². The highest BCUT2D eigenvalue weighted by Crippen LogP contribution is 2.24. The first kappa shape index (κ1) is 13.2. The molecule has 1 aromatic carbocycles. The first-order valence-electron chi connectivity index (χ1n) is 7.28. The molecule has 1 amide bonds. The fraction of sp³-hybridized carbons (Fsp3) is 0.438. The van der Waals surface area contributed by atoms with Gasteiger partial charge in [0.2, 0.25) is 0 Å². The number of fused-ring (bicyclic) bond motifs is 1. The first-order chi connectivity index (χ1) is 9.79. The van der Waals surface area contributed by atoms with Crippen LogP contribution in [0.25, 0.3) is 10.9 Å². The molecule has 1 aliphatic rings. The van der Waals surface area contributed by atoms with Gasteiger partial charge in [0, 0.05) is 36.5 Å². The van der Waals surface area contributed by atoms with Crippen LogP contribution < -0.4 is 0 Å². The number of nitrogens with one attached hydrogen (secondary N) is 1. The van der Waals surface area contributed by atoms with Gasteiger partial charge in [0.15, 0.2) is 0 Å². The zero-order valence-corrected chi connectivity index (χ0v) is 11.5. The summed E-state index contributed by atoms with van der Waals surface area (Å²) in [5.74, 6) is 0.113. The molecule has 1 atom stereocenters. The van der Waals surface area contributed by atoms with E-state index >= 15 is 0 Å². The van der Waals surface area contributed by atoms with Crippen LogP contribution in [0.4, 0.5) is 0 Å². The monoisotopic (exact) mass is 272 g/mol. The average Bonchev–Trinajstić information content (AvgIpc) is 3.12. The fourth-order valence-corrected chi connectivity index (χ4v) is 3.08. The number of aliphatic hydroxyl groups is 1. The van der Waals surface area contributed by atoms with Crippen molar-refractivity contribution in [3.63, 3.8) is 0 Å². The second-order valence-electron chi connectivity index (χ2n) is 5.44. The zero-order valence-electron chi connectivity index (χ0n) is 11.5. The Morgan fingerprint density at radius 3 is 3.15 bits per heavy atom. The van der Waals surface area contributed by atoms with Crippen molar-refractivity contribution in [2.45, 2.75) is 31.7 Å². The number of aliphatic hydroxyl groups excluding tert-OH is 1. The lowest BCUT2D eigenvalue weighted by molar-refractivity contribution is 0.0724. The molecule has 0 spiro atoms. The summed E-state index contributed by atoms with van der Waals surface area (Å²) in [5, 5.41) is 10.1. The molecule has 0 saturated carbocycles. The molecule has 106 valence electrons. The lowest BCUT2D eigenvalue weighted by Crippen LogP contribution is -2.35. The molecule has 4 nitrogen and oxygen atoms in total. The molecule has 1 fully saturated rings. The van der Waals surface area contributed by atoms with E-state index < -0.39 is 0 Å². The zero-order chi connectivity index (χ0) is 13.9. The normalized spacial score (nSPS) is 18.9. The molecule has 0 radical (unpaired) electrons. The quantitative estimate of drug-likeness (QED) is 0.898. The predicted octanol–water partition coefficient (Wildman–Crippen LogP) is 2.55. The summed E-state index contributed by atoms with van der Waals surface area (Å²) in [5.41, 5.74) is 1.75. The maximum Gasteiger partial charge on any atom is 0.254 e. The van der Waals surface area contributed by atoms with Gasteiger partial charge in [0.05, 0.1) is 0 Å². The van der Waals surface area contributed by atoms with Crippen molar-refractivity contribution in [3.8, 4) is 0 Å². The van der Waals surface area contributed by atoms with Gasteiger partial charge in [-0.05, 0) is 49.3 Å². The molecule has 1 unspecified atom stereocenters. The van der Waals surface area contributed by atoms with Crippen LogP contribution in [0, 0.1) is 0 Å². The minimum absolute atomic E-state index is 0.113. The Morgan fingerprint density at radius 1 is 1.40 bits per heavy atom. The van der Waals surface area contributed by atoms with Crippen LogP contribution >= 0.6 is 0 Å². The second-order valence-corrected chi connectivity index (χ2v) is 5.44. The van der Waals surface area contributed by atoms with E-state index in [1.54, 1.807) is 0 Å². The highest BCUT2D eigenvalue weighted by atomic mass is 16.3. The van der Waals surface area contributed by atoms with Crippen molar-refractivity contribution in [1.29, 1.82) is 0 Å². The van der Waals surface area contributed by atoms with E-state index in [0.717, 1.165) is 48.7 Å².